The predicted molar refractivity (Wildman–Crippen MR) is 102 cm³/mol. The number of aliphatic hydroxyl groups is 1. The summed E-state index contributed by atoms with van der Waals surface area (Å²) in [5.41, 5.74) is 1.33. The molecule has 1 saturated carbocycles. The number of hydrogen-bond acceptors (Lipinski definition) is 6. The van der Waals surface area contributed by atoms with E-state index in [4.69, 9.17) is 0 Å². The molecule has 0 radical (unpaired) electrons. The molecule has 2 N–H and O–H groups in total. The summed E-state index contributed by atoms with van der Waals surface area (Å²) in [5.74, 6) is 1.36. The van der Waals surface area contributed by atoms with E-state index in [0.717, 1.165) is 17.9 Å². The van der Waals surface area contributed by atoms with Crippen LogP contribution >= 0.6 is 0 Å². The summed E-state index contributed by atoms with van der Waals surface area (Å²) in [4.78, 5) is 24.8. The van der Waals surface area contributed by atoms with Crippen LogP contribution in [-0.2, 0) is 0 Å². The van der Waals surface area contributed by atoms with Crippen LogP contribution in [0.15, 0.2) is 49.1 Å². The first-order valence-electron chi connectivity index (χ1n) is 9.34. The van der Waals surface area contributed by atoms with Gasteiger partial charge >= 0.3 is 0 Å². The zero-order valence-corrected chi connectivity index (χ0v) is 15.6. The largest absolute Gasteiger partial charge is 0.391 e. The number of aryl methyl sites for hydroxylation is 1. The number of rotatable bonds is 4. The second-order valence-electron chi connectivity index (χ2n) is 7.05. The maximum absolute atomic E-state index is 12.5. The predicted octanol–water partition coefficient (Wildman–Crippen LogP) is 1.79. The zero-order valence-electron chi connectivity index (χ0n) is 15.6. The normalized spacial score (nSPS) is 22.0. The van der Waals surface area contributed by atoms with Gasteiger partial charge in [-0.15, -0.1) is 0 Å². The van der Waals surface area contributed by atoms with Crippen LogP contribution in [0.4, 0.5) is 0 Å². The molecule has 0 spiro atoms. The number of aromatic nitrogens is 5. The molecule has 4 rings (SSSR count). The lowest BCUT2D eigenvalue weighted by atomic mass is 9.83. The molecule has 3 atom stereocenters. The Labute approximate surface area is 162 Å². The zero-order chi connectivity index (χ0) is 19.5. The van der Waals surface area contributed by atoms with Gasteiger partial charge in [0.1, 0.15) is 18.0 Å². The average molecular weight is 378 g/mol. The van der Waals surface area contributed by atoms with Crippen LogP contribution in [-0.4, -0.2) is 47.9 Å². The van der Waals surface area contributed by atoms with Crippen molar-refractivity contribution in [2.45, 2.75) is 44.2 Å². The Kier molecular flexibility index (Phi) is 5.12. The minimum atomic E-state index is -0.598. The Balaban J connectivity index is 1.55. The van der Waals surface area contributed by atoms with E-state index in [1.54, 1.807) is 0 Å². The molecule has 28 heavy (non-hydrogen) atoms. The molecule has 0 saturated heterocycles. The van der Waals surface area contributed by atoms with Crippen LogP contribution < -0.4 is 5.32 Å². The molecule has 1 fully saturated rings. The van der Waals surface area contributed by atoms with Crippen molar-refractivity contribution in [3.8, 4) is 5.69 Å². The topological polar surface area (TPSA) is 106 Å². The van der Waals surface area contributed by atoms with Gasteiger partial charge < -0.3 is 10.4 Å². The molecule has 144 valence electrons. The Bertz CT molecular complexity index is 944. The number of nitrogens with zero attached hydrogens (tertiary/aromatic N) is 5. The van der Waals surface area contributed by atoms with Gasteiger partial charge in [-0.05, 0) is 38.3 Å². The highest BCUT2D eigenvalue weighted by Crippen LogP contribution is 2.33. The number of carbonyl (C=O) groups is 1. The molecular weight excluding hydrogens is 356 g/mol. The lowest BCUT2D eigenvalue weighted by molar-refractivity contribution is 0.0670. The number of aliphatic hydroxyl groups excluding tert-OH is 1. The molecule has 0 unspecified atom stereocenters. The Morgan fingerprint density at radius 2 is 1.93 bits per heavy atom. The van der Waals surface area contributed by atoms with Gasteiger partial charge in [-0.25, -0.2) is 19.6 Å². The first-order chi connectivity index (χ1) is 13.6. The second kappa shape index (κ2) is 7.85. The number of amides is 1. The van der Waals surface area contributed by atoms with Crippen LogP contribution in [0.2, 0.25) is 0 Å². The van der Waals surface area contributed by atoms with Gasteiger partial charge in [0.25, 0.3) is 5.91 Å². The summed E-state index contributed by atoms with van der Waals surface area (Å²) in [5, 5.41) is 17.9. The Morgan fingerprint density at radius 3 is 2.68 bits per heavy atom. The van der Waals surface area contributed by atoms with Gasteiger partial charge in [-0.3, -0.25) is 4.79 Å². The van der Waals surface area contributed by atoms with Gasteiger partial charge in [0.2, 0.25) is 0 Å². The SMILES string of the molecule is Cc1nc([C@H]2CC[C@@H](O)[C@H](NC(=O)c3cncnc3)C2)n(-c2ccccc2)n1. The fourth-order valence-electron chi connectivity index (χ4n) is 3.67. The summed E-state index contributed by atoms with van der Waals surface area (Å²) in [6, 6.07) is 9.50. The maximum Gasteiger partial charge on any atom is 0.254 e. The summed E-state index contributed by atoms with van der Waals surface area (Å²) < 4.78 is 1.86. The molecule has 2 aromatic heterocycles. The second-order valence-corrected chi connectivity index (χ2v) is 7.05. The first-order valence-corrected chi connectivity index (χ1v) is 9.34. The Hall–Kier alpha value is -3.13. The van der Waals surface area contributed by atoms with Crippen molar-refractivity contribution in [1.29, 1.82) is 0 Å². The van der Waals surface area contributed by atoms with Crippen LogP contribution in [0, 0.1) is 6.92 Å². The van der Waals surface area contributed by atoms with Crippen LogP contribution in [0.25, 0.3) is 5.69 Å². The Morgan fingerprint density at radius 1 is 1.18 bits per heavy atom. The van der Waals surface area contributed by atoms with Crippen molar-refractivity contribution in [2.24, 2.45) is 0 Å². The van der Waals surface area contributed by atoms with E-state index in [2.05, 4.69) is 25.4 Å². The molecule has 0 aliphatic heterocycles. The highest BCUT2D eigenvalue weighted by Gasteiger charge is 2.34. The summed E-state index contributed by atoms with van der Waals surface area (Å²) in [6.07, 6.45) is 5.66. The molecular formula is C20H22N6O2. The number of para-hydroxylation sites is 1. The summed E-state index contributed by atoms with van der Waals surface area (Å²) >= 11 is 0. The minimum Gasteiger partial charge on any atom is -0.391 e. The number of carbonyl (C=O) groups excluding carboxylic acids is 1. The van der Waals surface area contributed by atoms with Gasteiger partial charge in [-0.2, -0.15) is 5.10 Å². The minimum absolute atomic E-state index is 0.0853. The molecule has 1 aliphatic carbocycles. The lowest BCUT2D eigenvalue weighted by Gasteiger charge is -2.33. The third-order valence-electron chi connectivity index (χ3n) is 5.06. The summed E-state index contributed by atoms with van der Waals surface area (Å²) in [6.45, 7) is 1.87. The van der Waals surface area contributed by atoms with E-state index in [0.29, 0.717) is 24.2 Å². The van der Waals surface area contributed by atoms with Crippen molar-refractivity contribution < 1.29 is 9.90 Å². The standard InChI is InChI=1S/C20H22N6O2/c1-13-23-19(26(25-13)16-5-3-2-4-6-16)14-7-8-18(27)17(9-14)24-20(28)15-10-21-12-22-11-15/h2-6,10-12,14,17-18,27H,7-9H2,1H3,(H,24,28)/t14-,17+,18+/m0/s1. The van der Waals surface area contributed by atoms with Gasteiger partial charge in [0.15, 0.2) is 0 Å². The van der Waals surface area contributed by atoms with Gasteiger partial charge in [0.05, 0.1) is 23.4 Å². The molecule has 8 nitrogen and oxygen atoms in total. The van der Waals surface area contributed by atoms with E-state index in [1.165, 1.54) is 18.7 Å². The molecule has 2 heterocycles. The van der Waals surface area contributed by atoms with Crippen molar-refractivity contribution in [3.05, 3.63) is 66.3 Å². The van der Waals surface area contributed by atoms with E-state index >= 15 is 0 Å². The van der Waals surface area contributed by atoms with Crippen LogP contribution in [0.5, 0.6) is 0 Å². The number of nitrogens with one attached hydrogen (secondary N) is 1. The monoisotopic (exact) mass is 378 g/mol. The number of benzene rings is 1. The van der Waals surface area contributed by atoms with Crippen LogP contribution in [0.1, 0.15) is 47.2 Å². The quantitative estimate of drug-likeness (QED) is 0.717. The smallest absolute Gasteiger partial charge is 0.254 e. The molecule has 3 aromatic rings. The molecule has 1 aliphatic rings. The van der Waals surface area contributed by atoms with E-state index in [9.17, 15) is 9.90 Å². The van der Waals surface area contributed by atoms with E-state index in [-0.39, 0.29) is 17.9 Å². The fourth-order valence-corrected chi connectivity index (χ4v) is 3.67. The highest BCUT2D eigenvalue weighted by molar-refractivity contribution is 5.93. The fraction of sp³-hybridized carbons (Fsp3) is 0.350. The van der Waals surface area contributed by atoms with Crippen molar-refractivity contribution >= 4 is 5.91 Å². The third kappa shape index (κ3) is 3.77. The van der Waals surface area contributed by atoms with Crippen molar-refractivity contribution in [3.63, 3.8) is 0 Å². The van der Waals surface area contributed by atoms with Crippen LogP contribution in [0.3, 0.4) is 0 Å². The maximum atomic E-state index is 12.5. The third-order valence-corrected chi connectivity index (χ3v) is 5.06. The van der Waals surface area contributed by atoms with Gasteiger partial charge in [0, 0.05) is 18.3 Å². The van der Waals surface area contributed by atoms with E-state index < -0.39 is 6.10 Å². The highest BCUT2D eigenvalue weighted by atomic mass is 16.3. The van der Waals surface area contributed by atoms with Gasteiger partial charge in [-0.1, -0.05) is 18.2 Å². The molecule has 8 heteroatoms. The molecule has 1 aromatic carbocycles. The first kappa shape index (κ1) is 18.2. The molecule has 0 bridgehead atoms. The lowest BCUT2D eigenvalue weighted by Crippen LogP contribution is -2.47. The number of hydrogen-bond donors (Lipinski definition) is 2. The van der Waals surface area contributed by atoms with E-state index in [1.807, 2.05) is 41.9 Å². The van der Waals surface area contributed by atoms with Crippen molar-refractivity contribution in [2.75, 3.05) is 0 Å². The average Bonchev–Trinajstić information content (AvgIpc) is 3.12. The van der Waals surface area contributed by atoms with Crippen molar-refractivity contribution in [1.82, 2.24) is 30.0 Å². The summed E-state index contributed by atoms with van der Waals surface area (Å²) in [7, 11) is 0. The molecule has 1 amide bonds.